The minimum Gasteiger partial charge on any atom is -0.179 e. The summed E-state index contributed by atoms with van der Waals surface area (Å²) in [7, 11) is 0. The lowest BCUT2D eigenvalue weighted by Crippen LogP contribution is -2.45. The van der Waals surface area contributed by atoms with Crippen molar-refractivity contribution < 1.29 is 0 Å². The van der Waals surface area contributed by atoms with Gasteiger partial charge in [0.05, 0.1) is 0 Å². The Kier molecular flexibility index (Phi) is 3.29. The molecule has 0 aromatic carbocycles. The summed E-state index contributed by atoms with van der Waals surface area (Å²) in [5, 5.41) is 0. The Hall–Kier alpha value is 0.0900. The molecule has 20 heavy (non-hydrogen) atoms. The summed E-state index contributed by atoms with van der Waals surface area (Å²) < 4.78 is 0. The summed E-state index contributed by atoms with van der Waals surface area (Å²) in [6.07, 6.45) is 16.2. The van der Waals surface area contributed by atoms with Crippen LogP contribution in [-0.2, 0) is 0 Å². The van der Waals surface area contributed by atoms with E-state index in [2.05, 4.69) is 6.92 Å². The lowest BCUT2D eigenvalue weighted by atomic mass is 9.54. The normalized spacial score (nSPS) is 47.7. The second-order valence-electron chi connectivity index (χ2n) is 8.46. The van der Waals surface area contributed by atoms with Crippen LogP contribution in [0.15, 0.2) is 11.1 Å². The molecule has 0 saturated heterocycles. The van der Waals surface area contributed by atoms with Gasteiger partial charge in [0.25, 0.3) is 0 Å². The molecule has 0 amide bonds. The van der Waals surface area contributed by atoms with E-state index in [0.717, 1.165) is 17.6 Å². The molecule has 3 saturated carbocycles. The molecule has 4 unspecified atom stereocenters. The first kappa shape index (κ1) is 13.7. The molecule has 4 atom stereocenters. The van der Waals surface area contributed by atoms with Gasteiger partial charge in [-0.2, -0.15) is 12.6 Å². The third kappa shape index (κ3) is 1.74. The highest BCUT2D eigenvalue weighted by Gasteiger charge is 2.59. The average molecular weight is 291 g/mol. The first-order valence-electron chi connectivity index (χ1n) is 9.01. The van der Waals surface area contributed by atoms with Gasteiger partial charge < -0.3 is 0 Å². The largest absolute Gasteiger partial charge is 0.179 e. The summed E-state index contributed by atoms with van der Waals surface area (Å²) in [5.41, 5.74) is 5.03. The predicted octanol–water partition coefficient (Wildman–Crippen LogP) is 5.78. The Morgan fingerprint density at radius 3 is 2.80 bits per heavy atom. The molecule has 0 nitrogen and oxygen atoms in total. The summed E-state index contributed by atoms with van der Waals surface area (Å²) in [6.45, 7) is 2.58. The molecule has 5 aliphatic carbocycles. The van der Waals surface area contributed by atoms with Crippen molar-refractivity contribution >= 4 is 12.6 Å². The zero-order chi connectivity index (χ0) is 13.8. The van der Waals surface area contributed by atoms with E-state index < -0.39 is 0 Å². The van der Waals surface area contributed by atoms with Crippen LogP contribution in [0, 0.1) is 22.7 Å². The van der Waals surface area contributed by atoms with Gasteiger partial charge in [-0.15, -0.1) is 0 Å². The minimum atomic E-state index is 0.480. The van der Waals surface area contributed by atoms with E-state index >= 15 is 0 Å². The van der Waals surface area contributed by atoms with Gasteiger partial charge in [0.15, 0.2) is 0 Å². The Balaban J connectivity index is 1.87. The van der Waals surface area contributed by atoms with Gasteiger partial charge >= 0.3 is 0 Å². The van der Waals surface area contributed by atoms with Crippen LogP contribution >= 0.6 is 12.6 Å². The molecule has 0 aliphatic heterocycles. The zero-order valence-corrected chi connectivity index (χ0v) is 14.0. The lowest BCUT2D eigenvalue weighted by molar-refractivity contribution is 0.0219. The average Bonchev–Trinajstić information content (AvgIpc) is 2.56. The first-order chi connectivity index (χ1) is 9.70. The summed E-state index contributed by atoms with van der Waals surface area (Å²) in [5.74, 6) is 3.03. The highest BCUT2D eigenvalue weighted by molar-refractivity contribution is 7.80. The molecule has 5 rings (SSSR count). The van der Waals surface area contributed by atoms with E-state index in [1.165, 1.54) is 70.6 Å². The molecule has 112 valence electrons. The van der Waals surface area contributed by atoms with Crippen LogP contribution in [0.5, 0.6) is 0 Å². The van der Waals surface area contributed by atoms with Gasteiger partial charge in [-0.25, -0.2) is 0 Å². The fraction of sp³-hybridized carbons (Fsp3) is 0.895. The van der Waals surface area contributed by atoms with Crippen LogP contribution in [0.2, 0.25) is 0 Å². The maximum absolute atomic E-state index is 4.85. The van der Waals surface area contributed by atoms with Gasteiger partial charge in [0, 0.05) is 0 Å². The third-order valence-corrected chi connectivity index (χ3v) is 8.24. The van der Waals surface area contributed by atoms with E-state index in [-0.39, 0.29) is 0 Å². The molecule has 1 spiro atoms. The quantitative estimate of drug-likeness (QED) is 0.459. The fourth-order valence-electron chi connectivity index (χ4n) is 6.74. The van der Waals surface area contributed by atoms with Gasteiger partial charge in [-0.3, -0.25) is 0 Å². The molecule has 0 aromatic rings. The van der Waals surface area contributed by atoms with Crippen molar-refractivity contribution in [2.75, 3.05) is 5.75 Å². The number of allylic oxidation sites excluding steroid dienone is 2. The molecule has 0 N–H and O–H groups in total. The summed E-state index contributed by atoms with van der Waals surface area (Å²) >= 11 is 4.85. The smallest absolute Gasteiger partial charge is 0.00379 e. The topological polar surface area (TPSA) is 0 Å². The van der Waals surface area contributed by atoms with Gasteiger partial charge in [-0.1, -0.05) is 37.3 Å². The maximum Gasteiger partial charge on any atom is -0.00379 e. The second kappa shape index (κ2) is 4.80. The minimum absolute atomic E-state index is 0.480. The van der Waals surface area contributed by atoms with Gasteiger partial charge in [-0.05, 0) is 79.8 Å². The monoisotopic (exact) mass is 290 g/mol. The molecular formula is C19H30S. The second-order valence-corrected chi connectivity index (χ2v) is 8.78. The number of fused-ring (bicyclic) bond motifs is 2. The van der Waals surface area contributed by atoms with E-state index in [9.17, 15) is 0 Å². The van der Waals surface area contributed by atoms with Gasteiger partial charge in [0.2, 0.25) is 0 Å². The van der Waals surface area contributed by atoms with Gasteiger partial charge in [0.1, 0.15) is 0 Å². The number of hydrogen-bond acceptors (Lipinski definition) is 1. The number of rotatable bonds is 1. The lowest BCUT2D eigenvalue weighted by Gasteiger charge is -2.51. The molecule has 0 aromatic heterocycles. The Bertz CT molecular complexity index is 437. The van der Waals surface area contributed by atoms with Crippen molar-refractivity contribution in [1.29, 1.82) is 0 Å². The van der Waals surface area contributed by atoms with Crippen LogP contribution in [0.4, 0.5) is 0 Å². The molecule has 5 bridgehead atoms. The van der Waals surface area contributed by atoms with Crippen LogP contribution in [0.1, 0.15) is 77.6 Å². The van der Waals surface area contributed by atoms with E-state index in [4.69, 9.17) is 12.6 Å². The summed E-state index contributed by atoms with van der Waals surface area (Å²) in [4.78, 5) is 0. The highest BCUT2D eigenvalue weighted by atomic mass is 32.1. The highest BCUT2D eigenvalue weighted by Crippen LogP contribution is 2.69. The van der Waals surface area contributed by atoms with Crippen molar-refractivity contribution in [3.05, 3.63) is 11.1 Å². The predicted molar refractivity (Wildman–Crippen MR) is 89.2 cm³/mol. The van der Waals surface area contributed by atoms with Crippen LogP contribution in [-0.4, -0.2) is 5.75 Å². The van der Waals surface area contributed by atoms with Crippen LogP contribution < -0.4 is 0 Å². The van der Waals surface area contributed by atoms with Crippen molar-refractivity contribution in [2.45, 2.75) is 77.6 Å². The van der Waals surface area contributed by atoms with Crippen LogP contribution in [0.25, 0.3) is 0 Å². The molecule has 1 heteroatoms. The fourth-order valence-corrected chi connectivity index (χ4v) is 7.08. The molecule has 0 radical (unpaired) electrons. The third-order valence-electron chi connectivity index (χ3n) is 7.52. The SMILES string of the molecule is CC1(CS)CCCCCC2CC3=C4CCC2(CCC3)C41. The van der Waals surface area contributed by atoms with Crippen molar-refractivity contribution in [3.63, 3.8) is 0 Å². The van der Waals surface area contributed by atoms with E-state index in [1.807, 2.05) is 11.1 Å². The standard InChI is InChI=1S/C19H30S/c1-18(13-20)9-4-2-3-7-15-12-14-6-5-10-19(15)11-8-16(14)17(18)19/h15,17,20H,2-13H2,1H3. The van der Waals surface area contributed by atoms with E-state index in [1.54, 1.807) is 0 Å². The Labute approximate surface area is 130 Å². The maximum atomic E-state index is 4.85. The summed E-state index contributed by atoms with van der Waals surface area (Å²) in [6, 6.07) is 0. The Morgan fingerprint density at radius 2 is 1.95 bits per heavy atom. The molecule has 3 fully saturated rings. The van der Waals surface area contributed by atoms with Crippen molar-refractivity contribution in [1.82, 2.24) is 0 Å². The Morgan fingerprint density at radius 1 is 1.05 bits per heavy atom. The first-order valence-corrected chi connectivity index (χ1v) is 9.64. The van der Waals surface area contributed by atoms with Crippen molar-refractivity contribution in [3.8, 4) is 0 Å². The number of hydrogen-bond donors (Lipinski definition) is 1. The van der Waals surface area contributed by atoms with Crippen molar-refractivity contribution in [2.24, 2.45) is 22.7 Å². The van der Waals surface area contributed by atoms with E-state index in [0.29, 0.717) is 10.8 Å². The number of thiol groups is 1. The molecule has 5 aliphatic rings. The van der Waals surface area contributed by atoms with Crippen LogP contribution in [0.3, 0.4) is 0 Å². The molecule has 0 heterocycles. The molecular weight excluding hydrogens is 260 g/mol. The zero-order valence-electron chi connectivity index (χ0n) is 13.1.